The van der Waals surface area contributed by atoms with Crippen LogP contribution in [0.3, 0.4) is 0 Å². The molecule has 0 atom stereocenters. The van der Waals surface area contributed by atoms with Gasteiger partial charge in [-0.3, -0.25) is 9.36 Å². The van der Waals surface area contributed by atoms with Crippen molar-refractivity contribution in [1.82, 2.24) is 0 Å². The Hall–Kier alpha value is -0.960. The lowest BCUT2D eigenvalue weighted by molar-refractivity contribution is -0.121. The summed E-state index contributed by atoms with van der Waals surface area (Å²) in [5.74, 6) is -0.448. The minimum atomic E-state index is -4.30. The molecule has 0 aliphatic carbocycles. The van der Waals surface area contributed by atoms with E-state index in [2.05, 4.69) is 0 Å². The van der Waals surface area contributed by atoms with Crippen LogP contribution in [-0.2, 0) is 14.8 Å². The predicted molar refractivity (Wildman–Crippen MR) is 66.1 cm³/mol. The van der Waals surface area contributed by atoms with Gasteiger partial charge >= 0.3 is 7.60 Å². The van der Waals surface area contributed by atoms with Crippen molar-refractivity contribution in [3.8, 4) is 0 Å². The van der Waals surface area contributed by atoms with E-state index >= 15 is 0 Å². The van der Waals surface area contributed by atoms with Gasteiger partial charge in [-0.25, -0.2) is 0 Å². The first kappa shape index (κ1) is 14.1. The van der Waals surface area contributed by atoms with Crippen LogP contribution in [0.5, 0.6) is 0 Å². The molecule has 1 aromatic carbocycles. The summed E-state index contributed by atoms with van der Waals surface area (Å²) in [6.45, 7) is 5.27. The first-order valence-corrected chi connectivity index (χ1v) is 7.08. The van der Waals surface area contributed by atoms with Crippen LogP contribution in [0, 0.1) is 6.92 Å². The molecule has 0 saturated carbocycles. The van der Waals surface area contributed by atoms with E-state index in [1.54, 1.807) is 19.9 Å². The molecule has 0 heterocycles. The SMILES string of the molecule is Cc1cccc(C(C)(C)C(=O)CP(=O)(O)O)c1. The second-order valence-electron chi connectivity index (χ2n) is 4.74. The van der Waals surface area contributed by atoms with Gasteiger partial charge in [0, 0.05) is 5.41 Å². The smallest absolute Gasteiger partial charge is 0.324 e. The van der Waals surface area contributed by atoms with Crippen LogP contribution >= 0.6 is 7.60 Å². The summed E-state index contributed by atoms with van der Waals surface area (Å²) in [5, 5.41) is 0. The predicted octanol–water partition coefficient (Wildman–Crippen LogP) is 2.02. The highest BCUT2D eigenvalue weighted by atomic mass is 31.2. The Kier molecular flexibility index (Phi) is 3.92. The van der Waals surface area contributed by atoms with Crippen LogP contribution in [0.4, 0.5) is 0 Å². The van der Waals surface area contributed by atoms with Crippen molar-refractivity contribution in [2.45, 2.75) is 26.2 Å². The van der Waals surface area contributed by atoms with E-state index in [9.17, 15) is 9.36 Å². The van der Waals surface area contributed by atoms with Crippen LogP contribution in [0.15, 0.2) is 24.3 Å². The first-order valence-electron chi connectivity index (χ1n) is 5.28. The Balaban J connectivity index is 3.03. The van der Waals surface area contributed by atoms with Crippen LogP contribution in [-0.4, -0.2) is 21.7 Å². The molecule has 1 aromatic rings. The highest BCUT2D eigenvalue weighted by Gasteiger charge is 2.33. The van der Waals surface area contributed by atoms with Gasteiger partial charge in [0.25, 0.3) is 0 Å². The van der Waals surface area contributed by atoms with Crippen molar-refractivity contribution >= 4 is 13.4 Å². The van der Waals surface area contributed by atoms with Crippen LogP contribution in [0.25, 0.3) is 0 Å². The molecule has 2 N–H and O–H groups in total. The molecular weight excluding hydrogens is 239 g/mol. The fraction of sp³-hybridized carbons (Fsp3) is 0.417. The van der Waals surface area contributed by atoms with Crippen LogP contribution < -0.4 is 0 Å². The number of hydrogen-bond donors (Lipinski definition) is 2. The number of aryl methyl sites for hydroxylation is 1. The number of carbonyl (C=O) groups is 1. The van der Waals surface area contributed by atoms with Gasteiger partial charge in [-0.05, 0) is 26.3 Å². The molecule has 0 bridgehead atoms. The maximum absolute atomic E-state index is 11.9. The zero-order valence-electron chi connectivity index (χ0n) is 10.2. The molecule has 5 heteroatoms. The molecule has 1 rings (SSSR count). The van der Waals surface area contributed by atoms with Gasteiger partial charge < -0.3 is 9.79 Å². The lowest BCUT2D eigenvalue weighted by atomic mass is 9.81. The fourth-order valence-electron chi connectivity index (χ4n) is 1.58. The number of benzene rings is 1. The third-order valence-electron chi connectivity index (χ3n) is 2.79. The summed E-state index contributed by atoms with van der Waals surface area (Å²) >= 11 is 0. The Morgan fingerprint density at radius 1 is 1.35 bits per heavy atom. The van der Waals surface area contributed by atoms with Crippen LogP contribution in [0.1, 0.15) is 25.0 Å². The molecule has 0 saturated heterocycles. The zero-order chi connectivity index (χ0) is 13.3. The summed E-state index contributed by atoms with van der Waals surface area (Å²) in [5.41, 5.74) is 0.906. The standard InChI is InChI=1S/C12H17O4P/c1-9-5-4-6-10(7-9)12(2,3)11(13)8-17(14,15)16/h4-7H,8H2,1-3H3,(H2,14,15,16). The van der Waals surface area contributed by atoms with Crippen molar-refractivity contribution in [1.29, 1.82) is 0 Å². The highest BCUT2D eigenvalue weighted by molar-refractivity contribution is 7.52. The molecule has 0 unspecified atom stereocenters. The lowest BCUT2D eigenvalue weighted by Crippen LogP contribution is -2.31. The summed E-state index contributed by atoms with van der Waals surface area (Å²) < 4.78 is 10.9. The topological polar surface area (TPSA) is 74.6 Å². The monoisotopic (exact) mass is 256 g/mol. The molecule has 0 amide bonds. The van der Waals surface area contributed by atoms with Crippen molar-refractivity contribution in [2.75, 3.05) is 6.16 Å². The molecule has 0 aliphatic rings. The van der Waals surface area contributed by atoms with E-state index < -0.39 is 25.0 Å². The minimum Gasteiger partial charge on any atom is -0.324 e. The molecule has 17 heavy (non-hydrogen) atoms. The molecule has 94 valence electrons. The zero-order valence-corrected chi connectivity index (χ0v) is 11.1. The van der Waals surface area contributed by atoms with E-state index in [4.69, 9.17) is 9.79 Å². The third kappa shape index (κ3) is 3.77. The third-order valence-corrected chi connectivity index (χ3v) is 3.49. The van der Waals surface area contributed by atoms with E-state index in [0.29, 0.717) is 0 Å². The maximum atomic E-state index is 11.9. The molecule has 0 spiro atoms. The molecular formula is C12H17O4P. The summed E-state index contributed by atoms with van der Waals surface area (Å²) in [6.07, 6.45) is -0.714. The number of rotatable bonds is 4. The van der Waals surface area contributed by atoms with Crippen molar-refractivity contribution in [3.63, 3.8) is 0 Å². The van der Waals surface area contributed by atoms with Gasteiger partial charge in [0.1, 0.15) is 6.16 Å². The highest BCUT2D eigenvalue weighted by Crippen LogP contribution is 2.38. The molecule has 0 aromatic heterocycles. The van der Waals surface area contributed by atoms with E-state index in [1.807, 2.05) is 25.1 Å². The summed E-state index contributed by atoms with van der Waals surface area (Å²) in [6, 6.07) is 7.40. The largest absolute Gasteiger partial charge is 0.332 e. The number of ketones is 1. The second kappa shape index (κ2) is 4.73. The van der Waals surface area contributed by atoms with Crippen molar-refractivity contribution in [3.05, 3.63) is 35.4 Å². The normalized spacial score (nSPS) is 12.5. The molecule has 4 nitrogen and oxygen atoms in total. The van der Waals surface area contributed by atoms with Gasteiger partial charge in [0.15, 0.2) is 5.78 Å². The average molecular weight is 256 g/mol. The van der Waals surface area contributed by atoms with Crippen molar-refractivity contribution < 1.29 is 19.1 Å². The fourth-order valence-corrected chi connectivity index (χ4v) is 2.35. The number of Topliss-reactive ketones (excluding diaryl/α,β-unsaturated/α-hetero) is 1. The Morgan fingerprint density at radius 3 is 2.41 bits per heavy atom. The van der Waals surface area contributed by atoms with Crippen molar-refractivity contribution in [2.24, 2.45) is 0 Å². The number of hydrogen-bond acceptors (Lipinski definition) is 2. The van der Waals surface area contributed by atoms with Gasteiger partial charge in [0.05, 0.1) is 0 Å². The minimum absolute atomic E-state index is 0.448. The number of carbonyl (C=O) groups excluding carboxylic acids is 1. The molecule has 0 aliphatic heterocycles. The first-order chi connectivity index (χ1) is 7.63. The summed E-state index contributed by atoms with van der Waals surface area (Å²) in [4.78, 5) is 29.6. The van der Waals surface area contributed by atoms with Gasteiger partial charge in [-0.15, -0.1) is 0 Å². The van der Waals surface area contributed by atoms with Crippen LogP contribution in [0.2, 0.25) is 0 Å². The lowest BCUT2D eigenvalue weighted by Gasteiger charge is -2.24. The average Bonchev–Trinajstić information content (AvgIpc) is 2.15. The quantitative estimate of drug-likeness (QED) is 0.808. The Labute approximate surface area is 101 Å². The Bertz CT molecular complexity index is 473. The van der Waals surface area contributed by atoms with E-state index in [1.165, 1.54) is 0 Å². The molecule has 0 fully saturated rings. The van der Waals surface area contributed by atoms with Gasteiger partial charge in [-0.1, -0.05) is 29.8 Å². The van der Waals surface area contributed by atoms with E-state index in [0.717, 1.165) is 11.1 Å². The van der Waals surface area contributed by atoms with Gasteiger partial charge in [-0.2, -0.15) is 0 Å². The second-order valence-corrected chi connectivity index (χ2v) is 6.39. The van der Waals surface area contributed by atoms with E-state index in [-0.39, 0.29) is 0 Å². The Morgan fingerprint density at radius 2 is 1.94 bits per heavy atom. The maximum Gasteiger partial charge on any atom is 0.332 e. The van der Waals surface area contributed by atoms with Gasteiger partial charge in [0.2, 0.25) is 0 Å². The summed E-state index contributed by atoms with van der Waals surface area (Å²) in [7, 11) is -4.30. The molecule has 0 radical (unpaired) electrons.